The van der Waals surface area contributed by atoms with Crippen molar-refractivity contribution in [1.82, 2.24) is 0 Å². The van der Waals surface area contributed by atoms with Crippen molar-refractivity contribution in [3.05, 3.63) is 58.3 Å². The van der Waals surface area contributed by atoms with Gasteiger partial charge in [0, 0.05) is 24.8 Å². The summed E-state index contributed by atoms with van der Waals surface area (Å²) in [5.74, 6) is -0.343. The molecule has 0 amide bonds. The Morgan fingerprint density at radius 1 is 1.00 bits per heavy atom. The number of thiophene rings is 1. The molecule has 0 spiro atoms. The summed E-state index contributed by atoms with van der Waals surface area (Å²) in [5, 5.41) is 2.04. The molecule has 0 saturated carbocycles. The van der Waals surface area contributed by atoms with Gasteiger partial charge < -0.3 is 14.2 Å². The molecule has 0 bridgehead atoms. The van der Waals surface area contributed by atoms with Crippen molar-refractivity contribution in [1.29, 1.82) is 0 Å². The highest BCUT2D eigenvalue weighted by Crippen LogP contribution is 2.16. The first-order chi connectivity index (χ1) is 14.1. The number of hydrogen-bond donors (Lipinski definition) is 0. The Morgan fingerprint density at radius 2 is 1.79 bits per heavy atom. The van der Waals surface area contributed by atoms with Crippen LogP contribution < -0.4 is 0 Å². The Labute approximate surface area is 177 Å². The van der Waals surface area contributed by atoms with Gasteiger partial charge >= 0.3 is 5.97 Å². The lowest BCUT2D eigenvalue weighted by Crippen LogP contribution is -2.26. The number of Topliss-reactive ketones (excluding diaryl/α,β-unsaturated/α-hetero) is 1. The summed E-state index contributed by atoms with van der Waals surface area (Å²) in [6.07, 6.45) is 1.83. The molecular weight excluding hydrogens is 388 g/mol. The molecule has 1 aromatic carbocycles. The fraction of sp³-hybridized carbons (Fsp3) is 0.478. The number of benzene rings is 1. The molecule has 158 valence electrons. The van der Waals surface area contributed by atoms with E-state index in [-0.39, 0.29) is 30.7 Å². The highest BCUT2D eigenvalue weighted by Gasteiger charge is 2.20. The van der Waals surface area contributed by atoms with Gasteiger partial charge in [0.2, 0.25) is 0 Å². The van der Waals surface area contributed by atoms with Crippen molar-refractivity contribution in [2.45, 2.75) is 57.8 Å². The van der Waals surface area contributed by atoms with E-state index in [9.17, 15) is 9.59 Å². The van der Waals surface area contributed by atoms with Crippen LogP contribution in [0.4, 0.5) is 0 Å². The lowest BCUT2D eigenvalue weighted by atomic mass is 10.1. The maximum Gasteiger partial charge on any atom is 0.308 e. The molecule has 0 radical (unpaired) electrons. The predicted octanol–water partition coefficient (Wildman–Crippen LogP) is 4.58. The van der Waals surface area contributed by atoms with Gasteiger partial charge in [0.05, 0.1) is 25.7 Å². The highest BCUT2D eigenvalue weighted by atomic mass is 32.1. The third-order valence-electron chi connectivity index (χ3n) is 4.53. The molecule has 2 unspecified atom stereocenters. The summed E-state index contributed by atoms with van der Waals surface area (Å²) in [6.45, 7) is 2.42. The molecule has 1 heterocycles. The van der Waals surface area contributed by atoms with Gasteiger partial charge in [-0.2, -0.15) is 0 Å². The molecule has 5 nitrogen and oxygen atoms in total. The summed E-state index contributed by atoms with van der Waals surface area (Å²) in [7, 11) is 1.61. The first kappa shape index (κ1) is 23.3. The maximum absolute atomic E-state index is 12.4. The Kier molecular flexibility index (Phi) is 10.6. The van der Waals surface area contributed by atoms with E-state index >= 15 is 0 Å². The number of hydrogen-bond acceptors (Lipinski definition) is 6. The van der Waals surface area contributed by atoms with E-state index in [1.807, 2.05) is 41.8 Å². The van der Waals surface area contributed by atoms with Crippen LogP contribution in [0.3, 0.4) is 0 Å². The van der Waals surface area contributed by atoms with Crippen LogP contribution in [0, 0.1) is 0 Å². The number of methoxy groups -OCH3 is 1. The molecule has 0 saturated heterocycles. The van der Waals surface area contributed by atoms with Crippen LogP contribution in [0.1, 0.15) is 43.0 Å². The smallest absolute Gasteiger partial charge is 0.308 e. The lowest BCUT2D eigenvalue weighted by molar-refractivity contribution is -0.153. The third kappa shape index (κ3) is 9.83. The van der Waals surface area contributed by atoms with Crippen molar-refractivity contribution in [3.63, 3.8) is 0 Å². The standard InChI is InChI=1S/C23H30O5S/c1-18(24)15-21(12-13-27-17-19-7-4-3-5-8-19)28-23(25)16-20(26-2)10-11-22-9-6-14-29-22/h3-9,14,20-21H,10-13,15-17H2,1-2H3. The van der Waals surface area contributed by atoms with Crippen molar-refractivity contribution >= 4 is 23.1 Å². The Bertz CT molecular complexity index is 714. The molecule has 0 aliphatic carbocycles. The Hall–Kier alpha value is -2.02. The molecule has 0 aliphatic heterocycles. The van der Waals surface area contributed by atoms with Crippen molar-refractivity contribution in [2.75, 3.05) is 13.7 Å². The van der Waals surface area contributed by atoms with E-state index in [0.717, 1.165) is 18.4 Å². The second-order valence-electron chi connectivity index (χ2n) is 7.02. The first-order valence-corrected chi connectivity index (χ1v) is 10.8. The average Bonchev–Trinajstić information content (AvgIpc) is 3.22. The zero-order chi connectivity index (χ0) is 20.9. The number of rotatable bonds is 14. The largest absolute Gasteiger partial charge is 0.462 e. The molecule has 2 atom stereocenters. The van der Waals surface area contributed by atoms with Crippen molar-refractivity contribution in [2.24, 2.45) is 0 Å². The predicted molar refractivity (Wildman–Crippen MR) is 114 cm³/mol. The van der Waals surface area contributed by atoms with Gasteiger partial charge in [0.25, 0.3) is 0 Å². The van der Waals surface area contributed by atoms with E-state index in [2.05, 4.69) is 6.07 Å². The molecule has 1 aromatic heterocycles. The van der Waals surface area contributed by atoms with Crippen LogP contribution in [-0.4, -0.2) is 37.7 Å². The molecule has 0 fully saturated rings. The minimum Gasteiger partial charge on any atom is -0.462 e. The topological polar surface area (TPSA) is 61.8 Å². The fourth-order valence-corrected chi connectivity index (χ4v) is 3.71. The fourth-order valence-electron chi connectivity index (χ4n) is 2.98. The van der Waals surface area contributed by atoms with Gasteiger partial charge in [0.15, 0.2) is 0 Å². The van der Waals surface area contributed by atoms with E-state index in [4.69, 9.17) is 14.2 Å². The van der Waals surface area contributed by atoms with Gasteiger partial charge in [-0.15, -0.1) is 11.3 Å². The van der Waals surface area contributed by atoms with Crippen LogP contribution in [0.25, 0.3) is 0 Å². The van der Waals surface area contributed by atoms with Crippen LogP contribution in [0.2, 0.25) is 0 Å². The van der Waals surface area contributed by atoms with E-state index in [0.29, 0.717) is 19.6 Å². The number of ether oxygens (including phenoxy) is 3. The zero-order valence-corrected chi connectivity index (χ0v) is 18.0. The Morgan fingerprint density at radius 3 is 2.45 bits per heavy atom. The highest BCUT2D eigenvalue weighted by molar-refractivity contribution is 7.09. The molecule has 2 aromatic rings. The van der Waals surface area contributed by atoms with Gasteiger partial charge in [0.1, 0.15) is 11.9 Å². The van der Waals surface area contributed by atoms with Crippen molar-refractivity contribution < 1.29 is 23.8 Å². The van der Waals surface area contributed by atoms with Crippen LogP contribution in [0.15, 0.2) is 47.8 Å². The molecule has 2 rings (SSSR count). The SMILES string of the molecule is COC(CCc1cccs1)CC(=O)OC(CCOCc1ccccc1)CC(C)=O. The minimum absolute atomic E-state index is 0.00755. The number of carbonyl (C=O) groups is 2. The van der Waals surface area contributed by atoms with Crippen LogP contribution in [-0.2, 0) is 36.8 Å². The molecule has 0 N–H and O–H groups in total. The van der Waals surface area contributed by atoms with Gasteiger partial charge in [-0.25, -0.2) is 0 Å². The summed E-state index contributed by atoms with van der Waals surface area (Å²) in [6, 6.07) is 14.0. The quantitative estimate of drug-likeness (QED) is 0.332. The third-order valence-corrected chi connectivity index (χ3v) is 5.47. The summed E-state index contributed by atoms with van der Waals surface area (Å²) in [4.78, 5) is 25.2. The second-order valence-corrected chi connectivity index (χ2v) is 8.06. The number of esters is 1. The van der Waals surface area contributed by atoms with E-state index < -0.39 is 6.10 Å². The van der Waals surface area contributed by atoms with E-state index in [1.54, 1.807) is 18.4 Å². The summed E-state index contributed by atoms with van der Waals surface area (Å²) >= 11 is 1.70. The molecule has 0 aliphatic rings. The van der Waals surface area contributed by atoms with Crippen LogP contribution >= 0.6 is 11.3 Å². The maximum atomic E-state index is 12.4. The molecular formula is C23H30O5S. The van der Waals surface area contributed by atoms with Crippen molar-refractivity contribution in [3.8, 4) is 0 Å². The monoisotopic (exact) mass is 418 g/mol. The average molecular weight is 419 g/mol. The lowest BCUT2D eigenvalue weighted by Gasteiger charge is -2.19. The number of carbonyl (C=O) groups excluding carboxylic acids is 2. The van der Waals surface area contributed by atoms with E-state index in [1.165, 1.54) is 11.8 Å². The van der Waals surface area contributed by atoms with Gasteiger partial charge in [-0.3, -0.25) is 9.59 Å². The number of ketones is 1. The van der Waals surface area contributed by atoms with Gasteiger partial charge in [-0.05, 0) is 36.8 Å². The molecule has 29 heavy (non-hydrogen) atoms. The Balaban J connectivity index is 1.74. The minimum atomic E-state index is -0.467. The first-order valence-electron chi connectivity index (χ1n) is 9.92. The zero-order valence-electron chi connectivity index (χ0n) is 17.2. The normalized spacial score (nSPS) is 13.0. The van der Waals surface area contributed by atoms with Gasteiger partial charge in [-0.1, -0.05) is 36.4 Å². The number of aryl methyl sites for hydroxylation is 1. The summed E-state index contributed by atoms with van der Waals surface area (Å²) < 4.78 is 16.7. The summed E-state index contributed by atoms with van der Waals surface area (Å²) in [5.41, 5.74) is 1.08. The molecule has 6 heteroatoms. The second kappa shape index (κ2) is 13.2. The van der Waals surface area contributed by atoms with Crippen LogP contribution in [0.5, 0.6) is 0 Å².